The second-order valence-electron chi connectivity index (χ2n) is 5.15. The summed E-state index contributed by atoms with van der Waals surface area (Å²) >= 11 is 11.5. The summed E-state index contributed by atoms with van der Waals surface area (Å²) in [6.07, 6.45) is 3.02. The molecule has 5 nitrogen and oxygen atoms in total. The minimum Gasteiger partial charge on any atom is -0.345 e. The van der Waals surface area contributed by atoms with Gasteiger partial charge in [-0.05, 0) is 25.3 Å². The van der Waals surface area contributed by atoms with E-state index in [-0.39, 0.29) is 32.6 Å². The molecule has 0 N–H and O–H groups in total. The van der Waals surface area contributed by atoms with Gasteiger partial charge in [-0.1, -0.05) is 23.2 Å². The molecule has 2 rings (SSSR count). The Bertz CT molecular complexity index is 649. The third kappa shape index (κ3) is 3.87. The molecule has 1 atom stereocenters. The highest BCUT2D eigenvalue weighted by Gasteiger charge is 2.29. The second-order valence-corrected chi connectivity index (χ2v) is 8.02. The summed E-state index contributed by atoms with van der Waals surface area (Å²) in [7, 11) is -1.69. The van der Waals surface area contributed by atoms with E-state index in [2.05, 4.69) is 4.98 Å². The van der Waals surface area contributed by atoms with Gasteiger partial charge in [0.2, 0.25) is 5.91 Å². The highest BCUT2D eigenvalue weighted by atomic mass is 35.5. The quantitative estimate of drug-likeness (QED) is 0.764. The summed E-state index contributed by atoms with van der Waals surface area (Å²) < 4.78 is 24.4. The summed E-state index contributed by atoms with van der Waals surface area (Å²) in [4.78, 5) is 17.2. The molecule has 1 fully saturated rings. The lowest BCUT2D eigenvalue weighted by molar-refractivity contribution is -0.130. The Balaban J connectivity index is 1.95. The lowest BCUT2D eigenvalue weighted by atomic mass is 10.0. The van der Waals surface area contributed by atoms with Crippen LogP contribution < -0.4 is 0 Å². The number of nitrogens with zero attached hydrogens (tertiary/aromatic N) is 2. The van der Waals surface area contributed by atoms with Crippen LogP contribution in [0, 0.1) is 5.92 Å². The number of aromatic nitrogens is 1. The summed E-state index contributed by atoms with van der Waals surface area (Å²) in [5.41, 5.74) is 0. The first kappa shape index (κ1) is 16.5. The molecule has 1 aromatic rings. The Morgan fingerprint density at radius 1 is 1.43 bits per heavy atom. The first-order chi connectivity index (χ1) is 9.81. The van der Waals surface area contributed by atoms with Crippen LogP contribution in [0.2, 0.25) is 10.2 Å². The number of halogens is 2. The van der Waals surface area contributed by atoms with E-state index in [0.29, 0.717) is 12.8 Å². The van der Waals surface area contributed by atoms with Crippen molar-refractivity contribution < 1.29 is 13.2 Å². The molecule has 1 saturated heterocycles. The SMILES string of the molecule is CN1CC[C@@H](CCCS(=O)(=O)c2cnc(Cl)c(Cl)c2)C1=O. The Morgan fingerprint density at radius 3 is 2.71 bits per heavy atom. The zero-order valence-electron chi connectivity index (χ0n) is 11.6. The minimum absolute atomic E-state index is 0.0276. The maximum atomic E-state index is 12.2. The molecule has 8 heteroatoms. The molecule has 2 heterocycles. The van der Waals surface area contributed by atoms with Crippen molar-refractivity contribution in [2.24, 2.45) is 5.92 Å². The number of amides is 1. The maximum absolute atomic E-state index is 12.2. The number of carbonyl (C=O) groups is 1. The van der Waals surface area contributed by atoms with Crippen molar-refractivity contribution in [2.75, 3.05) is 19.3 Å². The topological polar surface area (TPSA) is 67.3 Å². The van der Waals surface area contributed by atoms with Crippen LogP contribution in [0.4, 0.5) is 0 Å². The molecule has 0 bridgehead atoms. The van der Waals surface area contributed by atoms with E-state index in [1.54, 1.807) is 11.9 Å². The van der Waals surface area contributed by atoms with E-state index in [0.717, 1.165) is 13.0 Å². The number of rotatable bonds is 5. The van der Waals surface area contributed by atoms with E-state index in [4.69, 9.17) is 23.2 Å². The predicted octanol–water partition coefficient (Wildman–Crippen LogP) is 2.42. The molecule has 0 unspecified atom stereocenters. The van der Waals surface area contributed by atoms with Gasteiger partial charge in [0.25, 0.3) is 0 Å². The van der Waals surface area contributed by atoms with Crippen LogP contribution in [0.3, 0.4) is 0 Å². The van der Waals surface area contributed by atoms with Gasteiger partial charge in [-0.15, -0.1) is 0 Å². The average Bonchev–Trinajstić information content (AvgIpc) is 2.73. The Kier molecular flexibility index (Phi) is 5.11. The molecule has 1 amide bonds. The third-order valence-electron chi connectivity index (χ3n) is 3.63. The average molecular weight is 351 g/mol. The van der Waals surface area contributed by atoms with Crippen LogP contribution in [0.15, 0.2) is 17.2 Å². The zero-order valence-corrected chi connectivity index (χ0v) is 13.9. The fraction of sp³-hybridized carbons (Fsp3) is 0.538. The van der Waals surface area contributed by atoms with Gasteiger partial charge in [-0.25, -0.2) is 13.4 Å². The first-order valence-electron chi connectivity index (χ1n) is 6.60. The molecule has 1 aliphatic rings. The number of hydrogen-bond donors (Lipinski definition) is 0. The molecule has 0 aromatic carbocycles. The van der Waals surface area contributed by atoms with E-state index in [1.807, 2.05) is 0 Å². The third-order valence-corrected chi connectivity index (χ3v) is 6.09. The molecule has 21 heavy (non-hydrogen) atoms. The fourth-order valence-electron chi connectivity index (χ4n) is 2.37. The van der Waals surface area contributed by atoms with Gasteiger partial charge in [0.1, 0.15) is 5.15 Å². The van der Waals surface area contributed by atoms with Crippen molar-refractivity contribution in [1.82, 2.24) is 9.88 Å². The van der Waals surface area contributed by atoms with Crippen LogP contribution in [0.1, 0.15) is 19.3 Å². The Labute approximate surface area is 134 Å². The van der Waals surface area contributed by atoms with Crippen molar-refractivity contribution in [3.63, 3.8) is 0 Å². The van der Waals surface area contributed by atoms with Crippen molar-refractivity contribution in [2.45, 2.75) is 24.2 Å². The predicted molar refractivity (Wildman–Crippen MR) is 81.3 cm³/mol. The van der Waals surface area contributed by atoms with E-state index in [1.165, 1.54) is 12.3 Å². The number of hydrogen-bond acceptors (Lipinski definition) is 4. The van der Waals surface area contributed by atoms with Crippen molar-refractivity contribution in [3.05, 3.63) is 22.4 Å². The van der Waals surface area contributed by atoms with Gasteiger partial charge in [-0.2, -0.15) is 0 Å². The summed E-state index contributed by atoms with van der Waals surface area (Å²) in [5, 5.41) is 0.195. The van der Waals surface area contributed by atoms with Crippen LogP contribution in [0.25, 0.3) is 0 Å². The van der Waals surface area contributed by atoms with E-state index >= 15 is 0 Å². The molecule has 0 aliphatic carbocycles. The van der Waals surface area contributed by atoms with Gasteiger partial charge in [0, 0.05) is 25.7 Å². The molecule has 116 valence electrons. The summed E-state index contributed by atoms with van der Waals surface area (Å²) in [6.45, 7) is 0.743. The Hall–Kier alpha value is -0.850. The lowest BCUT2D eigenvalue weighted by Crippen LogP contribution is -2.22. The van der Waals surface area contributed by atoms with Crippen LogP contribution in [-0.2, 0) is 14.6 Å². The monoisotopic (exact) mass is 350 g/mol. The molecular formula is C13H16Cl2N2O3S. The number of sulfone groups is 1. The lowest BCUT2D eigenvalue weighted by Gasteiger charge is -2.10. The van der Waals surface area contributed by atoms with Gasteiger partial charge in [0.05, 0.1) is 15.7 Å². The minimum atomic E-state index is -3.45. The van der Waals surface area contributed by atoms with Crippen molar-refractivity contribution >= 4 is 38.9 Å². The largest absolute Gasteiger partial charge is 0.345 e. The highest BCUT2D eigenvalue weighted by Crippen LogP contribution is 2.25. The van der Waals surface area contributed by atoms with Gasteiger partial charge in [-0.3, -0.25) is 4.79 Å². The van der Waals surface area contributed by atoms with Crippen LogP contribution in [-0.4, -0.2) is 43.6 Å². The van der Waals surface area contributed by atoms with Gasteiger partial charge >= 0.3 is 0 Å². The smallest absolute Gasteiger partial charge is 0.225 e. The molecule has 1 aliphatic heterocycles. The molecule has 0 spiro atoms. The summed E-state index contributed by atoms with van der Waals surface area (Å²) in [5.74, 6) is 0.0147. The fourth-order valence-corrected chi connectivity index (χ4v) is 4.00. The highest BCUT2D eigenvalue weighted by molar-refractivity contribution is 7.91. The molecular weight excluding hydrogens is 335 g/mol. The summed E-state index contributed by atoms with van der Waals surface area (Å²) in [6, 6.07) is 1.31. The maximum Gasteiger partial charge on any atom is 0.225 e. The molecule has 0 radical (unpaired) electrons. The number of pyridine rings is 1. The first-order valence-corrected chi connectivity index (χ1v) is 9.01. The normalized spacial score (nSPS) is 19.3. The standard InChI is InChI=1S/C13H16Cl2N2O3S/c1-17-5-4-9(13(17)18)3-2-6-21(19,20)10-7-11(14)12(15)16-8-10/h7-9H,2-6H2,1H3/t9-/m1/s1. The number of likely N-dealkylation sites (tertiary alicyclic amines) is 1. The molecule has 0 saturated carbocycles. The van der Waals surface area contributed by atoms with Gasteiger partial charge < -0.3 is 4.90 Å². The van der Waals surface area contributed by atoms with Crippen molar-refractivity contribution in [3.8, 4) is 0 Å². The number of carbonyl (C=O) groups excluding carboxylic acids is 1. The Morgan fingerprint density at radius 2 is 2.14 bits per heavy atom. The molecule has 1 aromatic heterocycles. The zero-order chi connectivity index (χ0) is 15.6. The van der Waals surface area contributed by atoms with Crippen molar-refractivity contribution in [1.29, 1.82) is 0 Å². The van der Waals surface area contributed by atoms with Crippen LogP contribution in [0.5, 0.6) is 0 Å². The van der Waals surface area contributed by atoms with Crippen LogP contribution >= 0.6 is 23.2 Å². The van der Waals surface area contributed by atoms with Gasteiger partial charge in [0.15, 0.2) is 9.84 Å². The van der Waals surface area contributed by atoms with E-state index < -0.39 is 9.84 Å². The van der Waals surface area contributed by atoms with E-state index in [9.17, 15) is 13.2 Å². The second kappa shape index (κ2) is 6.50.